The standard InChI is InChI=1S/C22H25N3O4/c26-21(24-18-8-9-19-20(13-18)29-12-11-28-19)17-7-4-10-25(15-17)22(27)23-14-16-5-2-1-3-6-16/h1-3,5-6,8-9,13,17H,4,7,10-12,14-15H2,(H,23,27)(H,24,26). The minimum atomic E-state index is -0.237. The van der Waals surface area contributed by atoms with Gasteiger partial charge in [0.15, 0.2) is 11.5 Å². The summed E-state index contributed by atoms with van der Waals surface area (Å²) in [6.07, 6.45) is 1.57. The number of hydrogen-bond acceptors (Lipinski definition) is 4. The zero-order valence-corrected chi connectivity index (χ0v) is 16.2. The largest absolute Gasteiger partial charge is 0.486 e. The van der Waals surface area contributed by atoms with Crippen molar-refractivity contribution in [2.24, 2.45) is 5.92 Å². The summed E-state index contributed by atoms with van der Waals surface area (Å²) >= 11 is 0. The predicted octanol–water partition coefficient (Wildman–Crippen LogP) is 3.02. The Labute approximate surface area is 170 Å². The van der Waals surface area contributed by atoms with E-state index in [9.17, 15) is 9.59 Å². The Bertz CT molecular complexity index is 872. The van der Waals surface area contributed by atoms with Crippen molar-refractivity contribution in [2.75, 3.05) is 31.6 Å². The van der Waals surface area contributed by atoms with Crippen LogP contribution in [0.5, 0.6) is 11.5 Å². The van der Waals surface area contributed by atoms with Crippen molar-refractivity contribution in [2.45, 2.75) is 19.4 Å². The molecule has 2 aliphatic rings. The number of fused-ring (bicyclic) bond motifs is 1. The molecule has 7 heteroatoms. The van der Waals surface area contributed by atoms with E-state index < -0.39 is 0 Å². The van der Waals surface area contributed by atoms with E-state index >= 15 is 0 Å². The number of rotatable bonds is 4. The molecule has 152 valence electrons. The number of likely N-dealkylation sites (tertiary alicyclic amines) is 1. The Kier molecular flexibility index (Phi) is 5.84. The number of ether oxygens (including phenoxy) is 2. The van der Waals surface area contributed by atoms with Gasteiger partial charge < -0.3 is 25.0 Å². The molecule has 1 fully saturated rings. The molecule has 2 aromatic rings. The molecule has 0 aromatic heterocycles. The van der Waals surface area contributed by atoms with E-state index in [2.05, 4.69) is 10.6 Å². The molecule has 1 unspecified atom stereocenters. The average molecular weight is 395 g/mol. The highest BCUT2D eigenvalue weighted by molar-refractivity contribution is 5.93. The van der Waals surface area contributed by atoms with E-state index in [0.717, 1.165) is 18.4 Å². The van der Waals surface area contributed by atoms with E-state index in [1.165, 1.54) is 0 Å². The van der Waals surface area contributed by atoms with E-state index in [-0.39, 0.29) is 17.9 Å². The molecule has 0 bridgehead atoms. The molecule has 3 amide bonds. The minimum absolute atomic E-state index is 0.0813. The molecule has 7 nitrogen and oxygen atoms in total. The monoisotopic (exact) mass is 395 g/mol. The first-order chi connectivity index (χ1) is 14.2. The van der Waals surface area contributed by atoms with Crippen LogP contribution in [0.25, 0.3) is 0 Å². The molecule has 29 heavy (non-hydrogen) atoms. The van der Waals surface area contributed by atoms with Gasteiger partial charge in [-0.3, -0.25) is 4.79 Å². The molecular formula is C22H25N3O4. The summed E-state index contributed by atoms with van der Waals surface area (Å²) in [5.41, 5.74) is 1.72. The summed E-state index contributed by atoms with van der Waals surface area (Å²) in [5, 5.41) is 5.88. The van der Waals surface area contributed by atoms with Crippen molar-refractivity contribution in [1.82, 2.24) is 10.2 Å². The van der Waals surface area contributed by atoms with Gasteiger partial charge in [0.05, 0.1) is 5.92 Å². The predicted molar refractivity (Wildman–Crippen MR) is 109 cm³/mol. The molecule has 2 aromatic carbocycles. The molecule has 0 radical (unpaired) electrons. The Morgan fingerprint density at radius 3 is 2.66 bits per heavy atom. The third kappa shape index (κ3) is 4.80. The number of nitrogens with one attached hydrogen (secondary N) is 2. The van der Waals surface area contributed by atoms with Crippen molar-refractivity contribution in [3.8, 4) is 11.5 Å². The summed E-state index contributed by atoms with van der Waals surface area (Å²) < 4.78 is 11.1. The Morgan fingerprint density at radius 1 is 1.03 bits per heavy atom. The first-order valence-corrected chi connectivity index (χ1v) is 9.96. The Hall–Kier alpha value is -3.22. The second-order valence-corrected chi connectivity index (χ2v) is 7.28. The topological polar surface area (TPSA) is 79.9 Å². The van der Waals surface area contributed by atoms with Crippen LogP contribution in [-0.4, -0.2) is 43.1 Å². The minimum Gasteiger partial charge on any atom is -0.486 e. The maximum Gasteiger partial charge on any atom is 0.317 e. The van der Waals surface area contributed by atoms with Crippen LogP contribution in [0.15, 0.2) is 48.5 Å². The first kappa shape index (κ1) is 19.1. The molecule has 0 spiro atoms. The van der Waals surface area contributed by atoms with Gasteiger partial charge >= 0.3 is 6.03 Å². The highest BCUT2D eigenvalue weighted by Crippen LogP contribution is 2.33. The van der Waals surface area contributed by atoms with Crippen molar-refractivity contribution < 1.29 is 19.1 Å². The number of urea groups is 1. The van der Waals surface area contributed by atoms with Crippen LogP contribution < -0.4 is 20.1 Å². The molecule has 4 rings (SSSR count). The van der Waals surface area contributed by atoms with Gasteiger partial charge in [-0.25, -0.2) is 4.79 Å². The number of carbonyl (C=O) groups excluding carboxylic acids is 2. The van der Waals surface area contributed by atoms with Gasteiger partial charge in [0.2, 0.25) is 5.91 Å². The van der Waals surface area contributed by atoms with Gasteiger partial charge in [0, 0.05) is 31.4 Å². The van der Waals surface area contributed by atoms with Gasteiger partial charge in [-0.05, 0) is 30.5 Å². The van der Waals surface area contributed by atoms with Gasteiger partial charge in [0.1, 0.15) is 13.2 Å². The lowest BCUT2D eigenvalue weighted by molar-refractivity contribution is -0.121. The normalized spacial score (nSPS) is 18.1. The third-order valence-corrected chi connectivity index (χ3v) is 5.18. The number of amides is 3. The molecule has 2 aliphatic heterocycles. The number of hydrogen-bond donors (Lipinski definition) is 2. The molecule has 2 heterocycles. The maximum absolute atomic E-state index is 12.7. The number of anilines is 1. The zero-order valence-electron chi connectivity index (χ0n) is 16.2. The van der Waals surface area contributed by atoms with Crippen molar-refractivity contribution in [1.29, 1.82) is 0 Å². The second-order valence-electron chi connectivity index (χ2n) is 7.28. The van der Waals surface area contributed by atoms with Crippen LogP contribution in [-0.2, 0) is 11.3 Å². The van der Waals surface area contributed by atoms with Crippen LogP contribution in [0.4, 0.5) is 10.5 Å². The number of piperidine rings is 1. The number of nitrogens with zero attached hydrogens (tertiary/aromatic N) is 1. The molecular weight excluding hydrogens is 370 g/mol. The molecule has 1 atom stereocenters. The smallest absolute Gasteiger partial charge is 0.317 e. The van der Waals surface area contributed by atoms with E-state index in [4.69, 9.17) is 9.47 Å². The lowest BCUT2D eigenvalue weighted by Crippen LogP contribution is -2.47. The molecule has 2 N–H and O–H groups in total. The van der Waals surface area contributed by atoms with E-state index in [1.54, 1.807) is 23.1 Å². The quantitative estimate of drug-likeness (QED) is 0.834. The van der Waals surface area contributed by atoms with Crippen LogP contribution in [0.2, 0.25) is 0 Å². The fraction of sp³-hybridized carbons (Fsp3) is 0.364. The molecule has 1 saturated heterocycles. The summed E-state index contributed by atoms with van der Waals surface area (Å²) in [7, 11) is 0. The lowest BCUT2D eigenvalue weighted by atomic mass is 9.97. The summed E-state index contributed by atoms with van der Waals surface area (Å²) in [4.78, 5) is 27.0. The van der Waals surface area contributed by atoms with Crippen LogP contribution in [0.3, 0.4) is 0 Å². The van der Waals surface area contributed by atoms with E-state index in [0.29, 0.717) is 50.0 Å². The Balaban J connectivity index is 1.31. The SMILES string of the molecule is O=C(Nc1ccc2c(c1)OCCO2)C1CCCN(C(=O)NCc2ccccc2)C1. The van der Waals surface area contributed by atoms with Crippen LogP contribution >= 0.6 is 0 Å². The lowest BCUT2D eigenvalue weighted by Gasteiger charge is -2.32. The maximum atomic E-state index is 12.7. The third-order valence-electron chi connectivity index (χ3n) is 5.18. The van der Waals surface area contributed by atoms with Crippen LogP contribution in [0.1, 0.15) is 18.4 Å². The highest BCUT2D eigenvalue weighted by Gasteiger charge is 2.28. The summed E-state index contributed by atoms with van der Waals surface area (Å²) in [5.74, 6) is 1.01. The van der Waals surface area contributed by atoms with Crippen molar-refractivity contribution >= 4 is 17.6 Å². The fourth-order valence-corrected chi connectivity index (χ4v) is 3.63. The van der Waals surface area contributed by atoms with Crippen molar-refractivity contribution in [3.63, 3.8) is 0 Å². The Morgan fingerprint density at radius 2 is 1.83 bits per heavy atom. The summed E-state index contributed by atoms with van der Waals surface area (Å²) in [6, 6.07) is 15.0. The second kappa shape index (κ2) is 8.86. The highest BCUT2D eigenvalue weighted by atomic mass is 16.6. The zero-order chi connectivity index (χ0) is 20.1. The average Bonchev–Trinajstić information content (AvgIpc) is 2.78. The van der Waals surface area contributed by atoms with Crippen molar-refractivity contribution in [3.05, 3.63) is 54.1 Å². The van der Waals surface area contributed by atoms with E-state index in [1.807, 2.05) is 30.3 Å². The number of carbonyl (C=O) groups is 2. The van der Waals surface area contributed by atoms with Gasteiger partial charge in [0.25, 0.3) is 0 Å². The van der Waals surface area contributed by atoms with Gasteiger partial charge in [-0.2, -0.15) is 0 Å². The van der Waals surface area contributed by atoms with Gasteiger partial charge in [-0.1, -0.05) is 30.3 Å². The van der Waals surface area contributed by atoms with Gasteiger partial charge in [-0.15, -0.1) is 0 Å². The first-order valence-electron chi connectivity index (χ1n) is 9.96. The molecule has 0 aliphatic carbocycles. The summed E-state index contributed by atoms with van der Waals surface area (Å²) in [6.45, 7) is 2.58. The number of benzene rings is 2. The van der Waals surface area contributed by atoms with Crippen LogP contribution in [0, 0.1) is 5.92 Å². The molecule has 0 saturated carbocycles. The fourth-order valence-electron chi connectivity index (χ4n) is 3.63.